The summed E-state index contributed by atoms with van der Waals surface area (Å²) in [6, 6.07) is 7.87. The Bertz CT molecular complexity index is 892. The number of rotatable bonds is 5. The number of nitrogens with zero attached hydrogens (tertiary/aromatic N) is 4. The van der Waals surface area contributed by atoms with Crippen LogP contribution in [0.5, 0.6) is 0 Å². The van der Waals surface area contributed by atoms with E-state index in [4.69, 9.17) is 10.5 Å². The number of hydrogen-bond donors (Lipinski definition) is 3. The minimum atomic E-state index is -0.848. The molecule has 0 amide bonds. The molecular weight excluding hydrogens is 360 g/mol. The summed E-state index contributed by atoms with van der Waals surface area (Å²) in [6.45, 7) is 4.38. The van der Waals surface area contributed by atoms with Gasteiger partial charge in [0, 0.05) is 25.4 Å². The molecule has 148 valence electrons. The van der Waals surface area contributed by atoms with E-state index in [-0.39, 0.29) is 18.5 Å². The second-order valence-corrected chi connectivity index (χ2v) is 7.60. The van der Waals surface area contributed by atoms with Crippen LogP contribution >= 0.6 is 0 Å². The summed E-state index contributed by atoms with van der Waals surface area (Å²) in [4.78, 5) is 26.9. The smallest absolute Gasteiger partial charge is 0.313 e. The molecule has 9 heteroatoms. The van der Waals surface area contributed by atoms with E-state index in [0.717, 1.165) is 17.7 Å². The second kappa shape index (κ2) is 7.33. The molecule has 1 aromatic carbocycles. The Balaban J connectivity index is 1.51. The number of likely N-dealkylation sites (tertiary alicyclic amines) is 1. The lowest BCUT2D eigenvalue weighted by molar-refractivity contribution is -0.159. The molecule has 0 aliphatic carbocycles. The maximum absolute atomic E-state index is 11.9. The van der Waals surface area contributed by atoms with Crippen molar-refractivity contribution in [3.63, 3.8) is 0 Å². The van der Waals surface area contributed by atoms with Crippen LogP contribution in [0.2, 0.25) is 0 Å². The normalized spacial score (nSPS) is 24.7. The van der Waals surface area contributed by atoms with E-state index in [9.17, 15) is 9.90 Å². The van der Waals surface area contributed by atoms with Crippen LogP contribution in [0.25, 0.3) is 0 Å². The summed E-state index contributed by atoms with van der Waals surface area (Å²) in [6.07, 6.45) is 0.752. The molecule has 0 unspecified atom stereocenters. The number of carbonyl (C=O) groups is 1. The highest BCUT2D eigenvalue weighted by Crippen LogP contribution is 2.42. The van der Waals surface area contributed by atoms with E-state index in [1.807, 2.05) is 31.2 Å². The van der Waals surface area contributed by atoms with Gasteiger partial charge in [-0.25, -0.2) is 0 Å². The fourth-order valence-corrected chi connectivity index (χ4v) is 4.13. The zero-order valence-corrected chi connectivity index (χ0v) is 15.8. The number of hydrogen-bond acceptors (Lipinski definition) is 8. The van der Waals surface area contributed by atoms with E-state index in [2.05, 4.69) is 25.2 Å². The Morgan fingerprint density at radius 2 is 2.29 bits per heavy atom. The van der Waals surface area contributed by atoms with Crippen LogP contribution in [-0.2, 0) is 16.1 Å². The number of benzene rings is 1. The molecule has 3 heterocycles. The van der Waals surface area contributed by atoms with Gasteiger partial charge in [-0.1, -0.05) is 12.1 Å². The number of aromatic nitrogens is 3. The first-order valence-corrected chi connectivity index (χ1v) is 9.32. The number of nitrogens with one attached hydrogen (secondary N) is 1. The lowest BCUT2D eigenvalue weighted by atomic mass is 9.76. The number of aliphatic carboxylic acids is 1. The third-order valence-corrected chi connectivity index (χ3v) is 5.50. The standard InChI is InChI=1S/C19H24N6O3/c1-12-3-2-4-14(7-12)21-18-23-15(22-17(20)24-18)9-25-8-13-5-6-28-11-19(13,10-25)16(26)27/h2-4,7,13H,5-6,8-11H2,1H3,(H,26,27)(H3,20,21,22,23,24)/t13-,19+/m0/s1. The molecule has 2 saturated heterocycles. The van der Waals surface area contributed by atoms with Crippen LogP contribution in [0.4, 0.5) is 17.6 Å². The van der Waals surface area contributed by atoms with Gasteiger partial charge in [0.1, 0.15) is 11.2 Å². The number of fused-ring (bicyclic) bond motifs is 1. The molecule has 0 radical (unpaired) electrons. The lowest BCUT2D eigenvalue weighted by Gasteiger charge is -2.34. The van der Waals surface area contributed by atoms with Gasteiger partial charge in [0.15, 0.2) is 0 Å². The van der Waals surface area contributed by atoms with Gasteiger partial charge in [0.05, 0.1) is 13.2 Å². The Morgan fingerprint density at radius 3 is 3.04 bits per heavy atom. The molecule has 1 aromatic heterocycles. The van der Waals surface area contributed by atoms with Gasteiger partial charge < -0.3 is 20.9 Å². The van der Waals surface area contributed by atoms with Gasteiger partial charge in [-0.3, -0.25) is 9.69 Å². The van der Waals surface area contributed by atoms with Crippen LogP contribution < -0.4 is 11.1 Å². The van der Waals surface area contributed by atoms with Gasteiger partial charge >= 0.3 is 5.97 Å². The quantitative estimate of drug-likeness (QED) is 0.701. The maximum atomic E-state index is 11.9. The van der Waals surface area contributed by atoms with E-state index >= 15 is 0 Å². The van der Waals surface area contributed by atoms with E-state index in [1.54, 1.807) is 0 Å². The number of nitrogens with two attached hydrogens (primary N) is 1. The molecule has 28 heavy (non-hydrogen) atoms. The highest BCUT2D eigenvalue weighted by molar-refractivity contribution is 5.76. The Kier molecular flexibility index (Phi) is 4.86. The van der Waals surface area contributed by atoms with Crippen LogP contribution in [0.3, 0.4) is 0 Å². The van der Waals surface area contributed by atoms with Crippen molar-refractivity contribution in [1.29, 1.82) is 0 Å². The highest BCUT2D eigenvalue weighted by Gasteiger charge is 2.54. The van der Waals surface area contributed by atoms with Crippen molar-refractivity contribution in [2.75, 3.05) is 37.4 Å². The predicted molar refractivity (Wildman–Crippen MR) is 103 cm³/mol. The highest BCUT2D eigenvalue weighted by atomic mass is 16.5. The third kappa shape index (κ3) is 3.63. The third-order valence-electron chi connectivity index (χ3n) is 5.50. The van der Waals surface area contributed by atoms with Crippen molar-refractivity contribution >= 4 is 23.6 Å². The molecule has 2 atom stereocenters. The van der Waals surface area contributed by atoms with Crippen LogP contribution in [-0.4, -0.2) is 57.2 Å². The average Bonchev–Trinajstić information content (AvgIpc) is 3.00. The monoisotopic (exact) mass is 384 g/mol. The largest absolute Gasteiger partial charge is 0.481 e. The van der Waals surface area contributed by atoms with Crippen molar-refractivity contribution in [2.45, 2.75) is 19.9 Å². The Labute approximate surface area is 163 Å². The molecule has 4 rings (SSSR count). The van der Waals surface area contributed by atoms with Crippen molar-refractivity contribution in [3.05, 3.63) is 35.7 Å². The second-order valence-electron chi connectivity index (χ2n) is 7.60. The summed E-state index contributed by atoms with van der Waals surface area (Å²) in [7, 11) is 0. The van der Waals surface area contributed by atoms with Crippen LogP contribution in [0, 0.1) is 18.3 Å². The maximum Gasteiger partial charge on any atom is 0.313 e. The number of ether oxygens (including phenoxy) is 1. The summed E-state index contributed by atoms with van der Waals surface area (Å²) >= 11 is 0. The number of carboxylic acid groups (broad SMARTS) is 1. The molecule has 2 aromatic rings. The number of aryl methyl sites for hydroxylation is 1. The Morgan fingerprint density at radius 1 is 1.43 bits per heavy atom. The molecule has 0 saturated carbocycles. The van der Waals surface area contributed by atoms with Crippen molar-refractivity contribution < 1.29 is 14.6 Å². The molecule has 4 N–H and O–H groups in total. The van der Waals surface area contributed by atoms with Crippen molar-refractivity contribution in [2.24, 2.45) is 11.3 Å². The zero-order chi connectivity index (χ0) is 19.7. The number of anilines is 3. The molecular formula is C19H24N6O3. The minimum Gasteiger partial charge on any atom is -0.481 e. The van der Waals surface area contributed by atoms with E-state index < -0.39 is 11.4 Å². The number of carboxylic acids is 1. The SMILES string of the molecule is Cc1cccc(Nc2nc(N)nc(CN3C[C@@H]4CCOC[C@]4(C(=O)O)C3)n2)c1. The van der Waals surface area contributed by atoms with Crippen molar-refractivity contribution in [1.82, 2.24) is 19.9 Å². The molecule has 9 nitrogen and oxygen atoms in total. The van der Waals surface area contributed by atoms with Gasteiger partial charge in [-0.05, 0) is 37.0 Å². The van der Waals surface area contributed by atoms with Gasteiger partial charge in [-0.15, -0.1) is 0 Å². The summed E-state index contributed by atoms with van der Waals surface area (Å²) in [5, 5.41) is 12.9. The first kappa shape index (κ1) is 18.6. The summed E-state index contributed by atoms with van der Waals surface area (Å²) in [5.74, 6) is 0.302. The fourth-order valence-electron chi connectivity index (χ4n) is 4.13. The first-order valence-electron chi connectivity index (χ1n) is 9.32. The van der Waals surface area contributed by atoms with Gasteiger partial charge in [0.25, 0.3) is 0 Å². The molecule has 2 aliphatic rings. The summed E-state index contributed by atoms with van der Waals surface area (Å²) in [5.41, 5.74) is 7.01. The van der Waals surface area contributed by atoms with Gasteiger partial charge in [-0.2, -0.15) is 15.0 Å². The minimum absolute atomic E-state index is 0.0721. The van der Waals surface area contributed by atoms with Crippen molar-refractivity contribution in [3.8, 4) is 0 Å². The number of nitrogen functional groups attached to an aromatic ring is 1. The lowest BCUT2D eigenvalue weighted by Crippen LogP contribution is -2.46. The first-order chi connectivity index (χ1) is 13.4. The molecule has 0 bridgehead atoms. The predicted octanol–water partition coefficient (Wildman–Crippen LogP) is 1.43. The van der Waals surface area contributed by atoms with Gasteiger partial charge in [0.2, 0.25) is 11.9 Å². The zero-order valence-electron chi connectivity index (χ0n) is 15.8. The average molecular weight is 384 g/mol. The van der Waals surface area contributed by atoms with E-state index in [1.165, 1.54) is 0 Å². The van der Waals surface area contributed by atoms with E-state index in [0.29, 0.717) is 38.0 Å². The Hall–Kier alpha value is -2.78. The molecule has 2 aliphatic heterocycles. The molecule has 2 fully saturated rings. The van der Waals surface area contributed by atoms with Crippen LogP contribution in [0.15, 0.2) is 24.3 Å². The topological polar surface area (TPSA) is 126 Å². The molecule has 0 spiro atoms. The van der Waals surface area contributed by atoms with Crippen LogP contribution in [0.1, 0.15) is 17.8 Å². The summed E-state index contributed by atoms with van der Waals surface area (Å²) < 4.78 is 5.48. The fraction of sp³-hybridized carbons (Fsp3) is 0.474.